The summed E-state index contributed by atoms with van der Waals surface area (Å²) >= 11 is 0. The van der Waals surface area contributed by atoms with Gasteiger partial charge in [-0.3, -0.25) is 9.59 Å². The van der Waals surface area contributed by atoms with Crippen molar-refractivity contribution < 1.29 is 9.59 Å². The molecule has 126 valence electrons. The molecule has 0 aromatic heterocycles. The summed E-state index contributed by atoms with van der Waals surface area (Å²) in [7, 11) is 0. The fourth-order valence-electron chi connectivity index (χ4n) is 2.96. The van der Waals surface area contributed by atoms with Crippen LogP contribution < -0.4 is 5.73 Å². The fourth-order valence-corrected chi connectivity index (χ4v) is 2.96. The molecule has 0 aliphatic carbocycles. The summed E-state index contributed by atoms with van der Waals surface area (Å²) < 4.78 is 0. The second-order valence-corrected chi connectivity index (χ2v) is 6.24. The van der Waals surface area contributed by atoms with E-state index in [0.29, 0.717) is 32.0 Å². The van der Waals surface area contributed by atoms with Gasteiger partial charge in [0, 0.05) is 39.5 Å². The van der Waals surface area contributed by atoms with Crippen LogP contribution in [0.4, 0.5) is 0 Å². The Hall–Kier alpha value is -1.88. The van der Waals surface area contributed by atoms with Crippen molar-refractivity contribution in [3.05, 3.63) is 35.9 Å². The van der Waals surface area contributed by atoms with Crippen LogP contribution >= 0.6 is 0 Å². The molecule has 0 spiro atoms. The number of nitrogens with zero attached hydrogens (tertiary/aromatic N) is 2. The van der Waals surface area contributed by atoms with Gasteiger partial charge in [0.15, 0.2) is 0 Å². The molecule has 5 nitrogen and oxygen atoms in total. The maximum absolute atomic E-state index is 12.3. The summed E-state index contributed by atoms with van der Waals surface area (Å²) in [4.78, 5) is 27.8. The van der Waals surface area contributed by atoms with Gasteiger partial charge in [0.2, 0.25) is 11.8 Å². The lowest BCUT2D eigenvalue weighted by molar-refractivity contribution is -0.134. The van der Waals surface area contributed by atoms with Crippen LogP contribution in [0.15, 0.2) is 30.3 Å². The molecule has 0 atom stereocenters. The van der Waals surface area contributed by atoms with Crippen LogP contribution in [0.3, 0.4) is 0 Å². The Bertz CT molecular complexity index is 510. The lowest BCUT2D eigenvalue weighted by Gasteiger charge is -2.32. The van der Waals surface area contributed by atoms with E-state index in [9.17, 15) is 9.59 Å². The number of likely N-dealkylation sites (tertiary alicyclic amines) is 1. The van der Waals surface area contributed by atoms with Gasteiger partial charge in [-0.05, 0) is 30.9 Å². The second-order valence-electron chi connectivity index (χ2n) is 6.24. The third kappa shape index (κ3) is 5.36. The van der Waals surface area contributed by atoms with Crippen LogP contribution in [-0.4, -0.2) is 47.8 Å². The number of hydrogen-bond donors (Lipinski definition) is 1. The highest BCUT2D eigenvalue weighted by Gasteiger charge is 2.22. The quantitative estimate of drug-likeness (QED) is 0.867. The number of benzene rings is 1. The van der Waals surface area contributed by atoms with E-state index in [0.717, 1.165) is 31.5 Å². The van der Waals surface area contributed by atoms with Gasteiger partial charge in [-0.15, -0.1) is 0 Å². The number of carbonyl (C=O) groups is 2. The summed E-state index contributed by atoms with van der Waals surface area (Å²) in [6.07, 6.45) is 2.37. The highest BCUT2D eigenvalue weighted by Crippen LogP contribution is 2.16. The zero-order valence-corrected chi connectivity index (χ0v) is 13.9. The van der Waals surface area contributed by atoms with Crippen LogP contribution in [0.5, 0.6) is 0 Å². The summed E-state index contributed by atoms with van der Waals surface area (Å²) in [5, 5.41) is 0. The van der Waals surface area contributed by atoms with Gasteiger partial charge in [-0.1, -0.05) is 30.3 Å². The minimum absolute atomic E-state index is 0.00323. The van der Waals surface area contributed by atoms with Crippen LogP contribution in [0.2, 0.25) is 0 Å². The zero-order valence-electron chi connectivity index (χ0n) is 13.9. The number of nitrogens with two attached hydrogens (primary N) is 1. The lowest BCUT2D eigenvalue weighted by Crippen LogP contribution is -2.41. The first-order valence-corrected chi connectivity index (χ1v) is 8.37. The highest BCUT2D eigenvalue weighted by molar-refractivity contribution is 5.78. The molecule has 0 bridgehead atoms. The minimum atomic E-state index is 0.00323. The Morgan fingerprint density at radius 1 is 1.22 bits per heavy atom. The van der Waals surface area contributed by atoms with E-state index in [1.807, 2.05) is 35.2 Å². The van der Waals surface area contributed by atoms with Crippen molar-refractivity contribution in [3.63, 3.8) is 0 Å². The third-order valence-corrected chi connectivity index (χ3v) is 4.56. The van der Waals surface area contributed by atoms with E-state index in [4.69, 9.17) is 5.73 Å². The van der Waals surface area contributed by atoms with Gasteiger partial charge >= 0.3 is 0 Å². The van der Waals surface area contributed by atoms with E-state index in [1.165, 1.54) is 0 Å². The number of rotatable bonds is 6. The molecule has 1 saturated heterocycles. The van der Waals surface area contributed by atoms with Gasteiger partial charge < -0.3 is 15.5 Å². The maximum Gasteiger partial charge on any atom is 0.224 e. The topological polar surface area (TPSA) is 66.6 Å². The minimum Gasteiger partial charge on any atom is -0.343 e. The molecular formula is C18H27N3O2. The molecule has 23 heavy (non-hydrogen) atoms. The number of carbonyl (C=O) groups excluding carboxylic acids is 2. The number of piperidine rings is 1. The first kappa shape index (κ1) is 17.5. The average molecular weight is 317 g/mol. The van der Waals surface area contributed by atoms with Crippen LogP contribution in [0.25, 0.3) is 0 Å². The Balaban J connectivity index is 1.82. The predicted octanol–water partition coefficient (Wildman–Crippen LogP) is 1.62. The van der Waals surface area contributed by atoms with Gasteiger partial charge in [0.25, 0.3) is 0 Å². The van der Waals surface area contributed by atoms with E-state index < -0.39 is 0 Å². The van der Waals surface area contributed by atoms with Gasteiger partial charge in [0.1, 0.15) is 0 Å². The Labute approximate surface area is 138 Å². The van der Waals surface area contributed by atoms with Gasteiger partial charge in [0.05, 0.1) is 0 Å². The van der Waals surface area contributed by atoms with Crippen molar-refractivity contribution in [2.45, 2.75) is 32.7 Å². The maximum atomic E-state index is 12.3. The van der Waals surface area contributed by atoms with Crippen LogP contribution in [-0.2, 0) is 16.1 Å². The van der Waals surface area contributed by atoms with Crippen LogP contribution in [0.1, 0.15) is 31.7 Å². The predicted molar refractivity (Wildman–Crippen MR) is 90.5 cm³/mol. The molecular weight excluding hydrogens is 290 g/mol. The number of hydrogen-bond acceptors (Lipinski definition) is 3. The third-order valence-electron chi connectivity index (χ3n) is 4.56. The molecule has 1 fully saturated rings. The highest BCUT2D eigenvalue weighted by atomic mass is 16.2. The molecule has 1 heterocycles. The Morgan fingerprint density at radius 3 is 2.43 bits per heavy atom. The average Bonchev–Trinajstić information content (AvgIpc) is 2.59. The van der Waals surface area contributed by atoms with Gasteiger partial charge in [-0.2, -0.15) is 0 Å². The monoisotopic (exact) mass is 317 g/mol. The zero-order chi connectivity index (χ0) is 16.7. The molecule has 1 aromatic rings. The molecule has 1 aromatic carbocycles. The van der Waals surface area contributed by atoms with Crippen molar-refractivity contribution >= 4 is 11.8 Å². The molecule has 5 heteroatoms. The number of amides is 2. The smallest absolute Gasteiger partial charge is 0.224 e. The molecule has 0 radical (unpaired) electrons. The molecule has 2 N–H and O–H groups in total. The molecule has 1 aliphatic heterocycles. The van der Waals surface area contributed by atoms with Crippen molar-refractivity contribution in [2.75, 3.05) is 26.2 Å². The van der Waals surface area contributed by atoms with E-state index in [1.54, 1.807) is 11.8 Å². The molecule has 0 saturated carbocycles. The van der Waals surface area contributed by atoms with Gasteiger partial charge in [-0.25, -0.2) is 0 Å². The van der Waals surface area contributed by atoms with Crippen molar-refractivity contribution in [3.8, 4) is 0 Å². The molecule has 0 unspecified atom stereocenters. The standard InChI is InChI=1S/C18H27N3O2/c1-15(22)21(14-17-5-3-2-4-6-17)12-9-18(23)20-10-7-16(13-19)8-11-20/h2-6,16H,7-14,19H2,1H3. The second kappa shape index (κ2) is 8.67. The first-order valence-electron chi connectivity index (χ1n) is 8.37. The van der Waals surface area contributed by atoms with E-state index in [-0.39, 0.29) is 11.8 Å². The molecule has 2 amide bonds. The van der Waals surface area contributed by atoms with Crippen molar-refractivity contribution in [1.82, 2.24) is 9.80 Å². The Kier molecular flexibility index (Phi) is 6.59. The van der Waals surface area contributed by atoms with E-state index in [2.05, 4.69) is 0 Å². The normalized spacial score (nSPS) is 15.5. The van der Waals surface area contributed by atoms with Crippen molar-refractivity contribution in [1.29, 1.82) is 0 Å². The lowest BCUT2D eigenvalue weighted by atomic mass is 9.97. The molecule has 1 aliphatic rings. The largest absolute Gasteiger partial charge is 0.343 e. The summed E-state index contributed by atoms with van der Waals surface area (Å²) in [5.74, 6) is 0.689. The van der Waals surface area contributed by atoms with E-state index >= 15 is 0 Å². The van der Waals surface area contributed by atoms with Crippen LogP contribution in [0, 0.1) is 5.92 Å². The Morgan fingerprint density at radius 2 is 1.87 bits per heavy atom. The summed E-state index contributed by atoms with van der Waals surface area (Å²) in [6, 6.07) is 9.86. The molecule has 2 rings (SSSR count). The summed E-state index contributed by atoms with van der Waals surface area (Å²) in [5.41, 5.74) is 6.76. The SMILES string of the molecule is CC(=O)N(CCC(=O)N1CCC(CN)CC1)Cc1ccccc1. The van der Waals surface area contributed by atoms with Crippen molar-refractivity contribution in [2.24, 2.45) is 11.7 Å². The fraction of sp³-hybridized carbons (Fsp3) is 0.556. The summed E-state index contributed by atoms with van der Waals surface area (Å²) in [6.45, 7) is 4.87. The first-order chi connectivity index (χ1) is 11.1.